The van der Waals surface area contributed by atoms with Gasteiger partial charge in [0.05, 0.1) is 25.0 Å². The predicted octanol–water partition coefficient (Wildman–Crippen LogP) is 2.63. The van der Waals surface area contributed by atoms with Crippen LogP contribution in [0, 0.1) is 6.92 Å². The van der Waals surface area contributed by atoms with Gasteiger partial charge in [-0.15, -0.1) is 0 Å². The Morgan fingerprint density at radius 3 is 2.47 bits per heavy atom. The van der Waals surface area contributed by atoms with Gasteiger partial charge in [0.2, 0.25) is 0 Å². The molecule has 0 radical (unpaired) electrons. The maximum atomic E-state index is 12.6. The van der Waals surface area contributed by atoms with Gasteiger partial charge in [0, 0.05) is 37.4 Å². The fraction of sp³-hybridized carbons (Fsp3) is 0.261. The van der Waals surface area contributed by atoms with Crippen molar-refractivity contribution >= 4 is 17.6 Å². The summed E-state index contributed by atoms with van der Waals surface area (Å²) in [6.07, 6.45) is 6.55. The zero-order valence-electron chi connectivity index (χ0n) is 17.6. The molecule has 1 fully saturated rings. The van der Waals surface area contributed by atoms with Crippen molar-refractivity contribution in [2.45, 2.75) is 26.1 Å². The lowest BCUT2D eigenvalue weighted by atomic mass is 10.1. The molecule has 1 saturated heterocycles. The fourth-order valence-corrected chi connectivity index (χ4v) is 3.72. The number of rotatable bonds is 4. The maximum absolute atomic E-state index is 12.6. The zero-order chi connectivity index (χ0) is 22.1. The number of carbonyl (C=O) groups excluding carboxylic acids is 2. The number of fused-ring (bicyclic) bond motifs is 1. The second kappa shape index (κ2) is 8.26. The molecule has 9 heteroatoms. The van der Waals surface area contributed by atoms with Crippen molar-refractivity contribution in [3.63, 3.8) is 0 Å². The van der Waals surface area contributed by atoms with Gasteiger partial charge in [0.15, 0.2) is 0 Å². The Bertz CT molecular complexity index is 1120. The lowest BCUT2D eigenvalue weighted by Crippen LogP contribution is -2.56. The average molecular weight is 430 g/mol. The van der Waals surface area contributed by atoms with E-state index in [1.807, 2.05) is 37.3 Å². The Morgan fingerprint density at radius 2 is 1.75 bits per heavy atom. The quantitative estimate of drug-likeness (QED) is 0.683. The third-order valence-electron chi connectivity index (χ3n) is 5.56. The van der Waals surface area contributed by atoms with Crippen molar-refractivity contribution in [2.24, 2.45) is 0 Å². The molecule has 162 valence electrons. The van der Waals surface area contributed by atoms with Crippen molar-refractivity contribution in [1.82, 2.24) is 24.8 Å². The minimum atomic E-state index is -0.151. The maximum Gasteiger partial charge on any atom is 0.322 e. The number of hydrogen-bond acceptors (Lipinski definition) is 6. The average Bonchev–Trinajstić information content (AvgIpc) is 3.22. The molecule has 0 bridgehead atoms. The minimum absolute atomic E-state index is 0.0745. The number of nitrogens with one attached hydrogen (secondary N) is 1. The first kappa shape index (κ1) is 19.9. The van der Waals surface area contributed by atoms with E-state index in [1.54, 1.807) is 28.4 Å². The summed E-state index contributed by atoms with van der Waals surface area (Å²) in [6.45, 7) is 3.96. The Balaban J connectivity index is 1.10. The lowest BCUT2D eigenvalue weighted by molar-refractivity contribution is 0.0173. The zero-order valence-corrected chi connectivity index (χ0v) is 17.6. The normalized spacial score (nSPS) is 15.2. The van der Waals surface area contributed by atoms with Crippen molar-refractivity contribution in [3.8, 4) is 5.75 Å². The number of anilines is 1. The lowest BCUT2D eigenvalue weighted by Gasteiger charge is -2.38. The molecule has 1 N–H and O–H groups in total. The van der Waals surface area contributed by atoms with E-state index in [0.717, 1.165) is 16.8 Å². The van der Waals surface area contributed by atoms with Crippen LogP contribution in [0.4, 0.5) is 10.5 Å². The first-order valence-corrected chi connectivity index (χ1v) is 10.4. The molecular formula is C23H22N6O3. The molecule has 3 amide bonds. The van der Waals surface area contributed by atoms with E-state index in [-0.39, 0.29) is 18.0 Å². The molecular weight excluding hydrogens is 408 g/mol. The van der Waals surface area contributed by atoms with Crippen LogP contribution in [-0.2, 0) is 13.1 Å². The molecule has 2 aromatic heterocycles. The summed E-state index contributed by atoms with van der Waals surface area (Å²) in [4.78, 5) is 40.7. The molecule has 9 nitrogen and oxygen atoms in total. The minimum Gasteiger partial charge on any atom is -0.487 e. The van der Waals surface area contributed by atoms with Crippen LogP contribution in [0.25, 0.3) is 0 Å². The van der Waals surface area contributed by atoms with Crippen LogP contribution < -0.4 is 10.1 Å². The highest BCUT2D eigenvalue weighted by molar-refractivity contribution is 5.92. The number of carbonyl (C=O) groups is 2. The molecule has 3 aromatic rings. The van der Waals surface area contributed by atoms with Gasteiger partial charge in [-0.1, -0.05) is 0 Å². The fourth-order valence-electron chi connectivity index (χ4n) is 3.72. The topological polar surface area (TPSA) is 101 Å². The molecule has 2 aliphatic heterocycles. The number of benzene rings is 1. The van der Waals surface area contributed by atoms with Crippen LogP contribution in [0.15, 0.2) is 55.1 Å². The van der Waals surface area contributed by atoms with Crippen LogP contribution in [0.2, 0.25) is 0 Å². The van der Waals surface area contributed by atoms with E-state index in [1.165, 1.54) is 6.20 Å². The molecule has 0 aliphatic carbocycles. The summed E-state index contributed by atoms with van der Waals surface area (Å²) in [7, 11) is 0. The SMILES string of the molecule is Cc1cnc(C(=O)N2CC(Oc3ccc(NC(=O)N4Cc5ccncc5C4)cc3)C2)cn1. The summed E-state index contributed by atoms with van der Waals surface area (Å²) in [5.41, 5.74) is 4.01. The van der Waals surface area contributed by atoms with Crippen LogP contribution >= 0.6 is 0 Å². The van der Waals surface area contributed by atoms with E-state index in [9.17, 15) is 9.59 Å². The standard InChI is InChI=1S/C23H22N6O3/c1-15-8-26-21(10-25-15)22(30)28-13-20(14-28)32-19-4-2-18(3-5-19)27-23(31)29-11-16-6-7-24-9-17(16)12-29/h2-10,20H,11-14H2,1H3,(H,27,31). The third-order valence-corrected chi connectivity index (χ3v) is 5.56. The van der Waals surface area contributed by atoms with Crippen molar-refractivity contribution < 1.29 is 14.3 Å². The van der Waals surface area contributed by atoms with Gasteiger partial charge in [0.1, 0.15) is 17.5 Å². The number of amides is 3. The molecule has 4 heterocycles. The highest BCUT2D eigenvalue weighted by Gasteiger charge is 2.33. The second-order valence-corrected chi connectivity index (χ2v) is 7.95. The van der Waals surface area contributed by atoms with Gasteiger partial charge >= 0.3 is 6.03 Å². The van der Waals surface area contributed by atoms with E-state index in [0.29, 0.717) is 43.3 Å². The number of aryl methyl sites for hydroxylation is 1. The number of nitrogens with zero attached hydrogens (tertiary/aromatic N) is 5. The van der Waals surface area contributed by atoms with Gasteiger partial charge in [-0.05, 0) is 48.4 Å². The van der Waals surface area contributed by atoms with Crippen molar-refractivity contribution in [2.75, 3.05) is 18.4 Å². The number of likely N-dealkylation sites (tertiary alicyclic amines) is 1. The Hall–Kier alpha value is -4.01. The van der Waals surface area contributed by atoms with Gasteiger partial charge in [-0.2, -0.15) is 0 Å². The number of hydrogen-bond donors (Lipinski definition) is 1. The van der Waals surface area contributed by atoms with E-state index >= 15 is 0 Å². The monoisotopic (exact) mass is 430 g/mol. The molecule has 2 aliphatic rings. The summed E-state index contributed by atoms with van der Waals surface area (Å²) in [5, 5.41) is 2.92. The molecule has 1 aromatic carbocycles. The van der Waals surface area contributed by atoms with Gasteiger partial charge in [-0.25, -0.2) is 9.78 Å². The van der Waals surface area contributed by atoms with Crippen molar-refractivity contribution in [1.29, 1.82) is 0 Å². The second-order valence-electron chi connectivity index (χ2n) is 7.95. The summed E-state index contributed by atoms with van der Waals surface area (Å²) < 4.78 is 5.93. The summed E-state index contributed by atoms with van der Waals surface area (Å²) in [5.74, 6) is 0.546. The first-order chi connectivity index (χ1) is 15.5. The van der Waals surface area contributed by atoms with Gasteiger partial charge < -0.3 is 19.9 Å². The number of ether oxygens (including phenoxy) is 1. The molecule has 0 atom stereocenters. The predicted molar refractivity (Wildman–Crippen MR) is 116 cm³/mol. The Morgan fingerprint density at radius 1 is 0.969 bits per heavy atom. The number of pyridine rings is 1. The smallest absolute Gasteiger partial charge is 0.322 e. The summed E-state index contributed by atoms with van der Waals surface area (Å²) in [6, 6.07) is 9.03. The van der Waals surface area contributed by atoms with Crippen molar-refractivity contribution in [3.05, 3.63) is 77.6 Å². The first-order valence-electron chi connectivity index (χ1n) is 10.4. The molecule has 5 rings (SSSR count). The largest absolute Gasteiger partial charge is 0.487 e. The number of urea groups is 1. The number of aromatic nitrogens is 3. The highest BCUT2D eigenvalue weighted by Crippen LogP contribution is 2.24. The Labute approximate surface area is 185 Å². The third kappa shape index (κ3) is 4.09. The van der Waals surface area contributed by atoms with Crippen LogP contribution in [0.3, 0.4) is 0 Å². The molecule has 0 unspecified atom stereocenters. The van der Waals surface area contributed by atoms with Gasteiger partial charge in [-0.3, -0.25) is 14.8 Å². The molecule has 32 heavy (non-hydrogen) atoms. The summed E-state index contributed by atoms with van der Waals surface area (Å²) >= 11 is 0. The van der Waals surface area contributed by atoms with Crippen LogP contribution in [0.1, 0.15) is 27.3 Å². The molecule has 0 spiro atoms. The molecule has 0 saturated carbocycles. The Kier molecular flexibility index (Phi) is 5.14. The van der Waals surface area contributed by atoms with E-state index in [2.05, 4.69) is 20.3 Å². The van der Waals surface area contributed by atoms with Gasteiger partial charge in [0.25, 0.3) is 5.91 Å². The van der Waals surface area contributed by atoms with Crippen LogP contribution in [-0.4, -0.2) is 55.9 Å². The van der Waals surface area contributed by atoms with E-state index < -0.39 is 0 Å². The highest BCUT2D eigenvalue weighted by atomic mass is 16.5. The van der Waals surface area contributed by atoms with E-state index in [4.69, 9.17) is 4.74 Å². The van der Waals surface area contributed by atoms with Crippen LogP contribution in [0.5, 0.6) is 5.75 Å².